The van der Waals surface area contributed by atoms with Gasteiger partial charge in [-0.3, -0.25) is 0 Å². The molecule has 6 heteroatoms. The minimum absolute atomic E-state index is 0.382. The van der Waals surface area contributed by atoms with Gasteiger partial charge in [-0.05, 0) is 71.8 Å². The summed E-state index contributed by atoms with van der Waals surface area (Å²) in [5, 5.41) is 4.55. The summed E-state index contributed by atoms with van der Waals surface area (Å²) < 4.78 is 20.5. The van der Waals surface area contributed by atoms with Crippen LogP contribution >= 0.6 is 0 Å². The van der Waals surface area contributed by atoms with E-state index in [1.54, 1.807) is 6.07 Å². The van der Waals surface area contributed by atoms with Crippen molar-refractivity contribution >= 4 is 43.6 Å². The fourth-order valence-corrected chi connectivity index (χ4v) is 8.21. The standard InChI is InChI=1S/C51H32FN5/c52-38-28-37(51-54-49(33-14-4-1-5-15-33)53-50(55-51)34-16-6-2-7-17-34)29-40(32-38)57-45-22-12-10-20-41(45)43-26-24-36(31-48(43)57)35-25-27-47-44(30-35)42-21-11-13-23-46(42)56(47)39-18-8-3-9-19-39/h1-32H. The van der Waals surface area contributed by atoms with Crippen LogP contribution in [0.15, 0.2) is 194 Å². The van der Waals surface area contributed by atoms with Gasteiger partial charge in [0.05, 0.1) is 22.1 Å². The third-order valence-corrected chi connectivity index (χ3v) is 10.8. The highest BCUT2D eigenvalue weighted by molar-refractivity contribution is 6.12. The van der Waals surface area contributed by atoms with E-state index in [4.69, 9.17) is 15.0 Å². The Hall–Kier alpha value is -7.70. The van der Waals surface area contributed by atoms with Crippen LogP contribution in [0.4, 0.5) is 4.39 Å². The van der Waals surface area contributed by atoms with Crippen molar-refractivity contribution in [3.8, 4) is 56.7 Å². The van der Waals surface area contributed by atoms with Crippen molar-refractivity contribution in [1.29, 1.82) is 0 Å². The lowest BCUT2D eigenvalue weighted by atomic mass is 10.0. The Kier molecular flexibility index (Phi) is 7.60. The minimum Gasteiger partial charge on any atom is -0.309 e. The summed E-state index contributed by atoms with van der Waals surface area (Å²) in [4.78, 5) is 14.7. The number of para-hydroxylation sites is 3. The number of aromatic nitrogens is 5. The summed E-state index contributed by atoms with van der Waals surface area (Å²) in [5.74, 6) is 1.06. The quantitative estimate of drug-likeness (QED) is 0.171. The lowest BCUT2D eigenvalue weighted by Crippen LogP contribution is -2.02. The molecule has 0 aliphatic heterocycles. The molecule has 0 radical (unpaired) electrons. The second kappa shape index (κ2) is 13.3. The molecule has 0 unspecified atom stereocenters. The van der Waals surface area contributed by atoms with Gasteiger partial charge in [0.15, 0.2) is 17.5 Å². The first-order valence-corrected chi connectivity index (χ1v) is 19.0. The third-order valence-electron chi connectivity index (χ3n) is 10.8. The van der Waals surface area contributed by atoms with Crippen molar-refractivity contribution in [3.63, 3.8) is 0 Å². The zero-order valence-electron chi connectivity index (χ0n) is 30.6. The van der Waals surface area contributed by atoms with E-state index >= 15 is 4.39 Å². The first-order chi connectivity index (χ1) is 28.2. The Morgan fingerprint density at radius 3 is 1.42 bits per heavy atom. The number of hydrogen-bond donors (Lipinski definition) is 0. The molecule has 11 rings (SSSR count). The molecule has 0 atom stereocenters. The van der Waals surface area contributed by atoms with Crippen molar-refractivity contribution in [2.45, 2.75) is 0 Å². The fourth-order valence-electron chi connectivity index (χ4n) is 8.21. The second-order valence-corrected chi connectivity index (χ2v) is 14.2. The van der Waals surface area contributed by atoms with Crippen LogP contribution in [-0.4, -0.2) is 24.1 Å². The van der Waals surface area contributed by atoms with Crippen LogP contribution in [0.5, 0.6) is 0 Å². The van der Waals surface area contributed by atoms with Gasteiger partial charge < -0.3 is 9.13 Å². The maximum Gasteiger partial charge on any atom is 0.164 e. The van der Waals surface area contributed by atoms with Crippen molar-refractivity contribution in [1.82, 2.24) is 24.1 Å². The maximum atomic E-state index is 16.0. The average molecular weight is 734 g/mol. The maximum absolute atomic E-state index is 16.0. The molecule has 5 nitrogen and oxygen atoms in total. The summed E-state index contributed by atoms with van der Waals surface area (Å²) in [7, 11) is 0. The lowest BCUT2D eigenvalue weighted by molar-refractivity contribution is 0.627. The van der Waals surface area contributed by atoms with Gasteiger partial charge in [0, 0.05) is 49.6 Å². The molecule has 0 saturated heterocycles. The van der Waals surface area contributed by atoms with Crippen molar-refractivity contribution in [3.05, 3.63) is 200 Å². The van der Waals surface area contributed by atoms with Crippen LogP contribution in [0.2, 0.25) is 0 Å². The summed E-state index contributed by atoms with van der Waals surface area (Å²) in [6, 6.07) is 65.4. The molecule has 268 valence electrons. The van der Waals surface area contributed by atoms with Crippen molar-refractivity contribution < 1.29 is 4.39 Å². The van der Waals surface area contributed by atoms with Gasteiger partial charge in [-0.2, -0.15) is 0 Å². The molecule has 0 aliphatic rings. The van der Waals surface area contributed by atoms with Crippen LogP contribution in [0.3, 0.4) is 0 Å². The van der Waals surface area contributed by atoms with Crippen molar-refractivity contribution in [2.75, 3.05) is 0 Å². The third kappa shape index (κ3) is 5.57. The Morgan fingerprint density at radius 1 is 0.298 bits per heavy atom. The first kappa shape index (κ1) is 32.7. The van der Waals surface area contributed by atoms with Gasteiger partial charge in [0.1, 0.15) is 5.82 Å². The molecule has 57 heavy (non-hydrogen) atoms. The number of rotatable bonds is 6. The molecule has 3 heterocycles. The minimum atomic E-state index is -0.382. The number of hydrogen-bond acceptors (Lipinski definition) is 3. The van der Waals surface area contributed by atoms with Gasteiger partial charge >= 0.3 is 0 Å². The number of benzene rings is 8. The molecule has 0 bridgehead atoms. The van der Waals surface area contributed by atoms with Crippen LogP contribution in [0.25, 0.3) is 100 Å². The monoisotopic (exact) mass is 733 g/mol. The van der Waals surface area contributed by atoms with E-state index < -0.39 is 0 Å². The zero-order valence-corrected chi connectivity index (χ0v) is 30.6. The summed E-state index contributed by atoms with van der Waals surface area (Å²) in [5.41, 5.74) is 10.5. The molecule has 0 amide bonds. The fraction of sp³-hybridized carbons (Fsp3) is 0. The van der Waals surface area contributed by atoms with Gasteiger partial charge in [0.25, 0.3) is 0 Å². The van der Waals surface area contributed by atoms with Crippen LogP contribution < -0.4 is 0 Å². The van der Waals surface area contributed by atoms with Crippen molar-refractivity contribution in [2.24, 2.45) is 0 Å². The van der Waals surface area contributed by atoms with E-state index in [2.05, 4.69) is 112 Å². The largest absolute Gasteiger partial charge is 0.309 e. The number of fused-ring (bicyclic) bond motifs is 6. The molecule has 0 N–H and O–H groups in total. The van der Waals surface area contributed by atoms with E-state index in [9.17, 15) is 0 Å². The average Bonchev–Trinajstić information content (AvgIpc) is 3.79. The van der Waals surface area contributed by atoms with E-state index in [1.807, 2.05) is 78.9 Å². The van der Waals surface area contributed by atoms with E-state index in [0.29, 0.717) is 28.7 Å². The first-order valence-electron chi connectivity index (χ1n) is 19.0. The molecule has 0 spiro atoms. The molecular formula is C51H32FN5. The van der Waals surface area contributed by atoms with Gasteiger partial charge in [-0.1, -0.05) is 133 Å². The Balaban J connectivity index is 1.09. The topological polar surface area (TPSA) is 48.5 Å². The van der Waals surface area contributed by atoms with E-state index in [-0.39, 0.29) is 5.82 Å². The highest BCUT2D eigenvalue weighted by Crippen LogP contribution is 2.39. The Morgan fingerprint density at radius 2 is 0.772 bits per heavy atom. The molecule has 11 aromatic rings. The molecule has 8 aromatic carbocycles. The van der Waals surface area contributed by atoms with Crippen LogP contribution in [0.1, 0.15) is 0 Å². The normalized spacial score (nSPS) is 11.6. The Labute approximate surface area is 327 Å². The summed E-state index contributed by atoms with van der Waals surface area (Å²) >= 11 is 0. The lowest BCUT2D eigenvalue weighted by Gasteiger charge is -2.13. The zero-order chi connectivity index (χ0) is 37.9. The molecule has 3 aromatic heterocycles. The smallest absolute Gasteiger partial charge is 0.164 e. The van der Waals surface area contributed by atoms with Gasteiger partial charge in [0.2, 0.25) is 0 Å². The van der Waals surface area contributed by atoms with Gasteiger partial charge in [-0.15, -0.1) is 0 Å². The van der Waals surface area contributed by atoms with Crippen LogP contribution in [0, 0.1) is 5.82 Å². The van der Waals surface area contributed by atoms with E-state index in [1.165, 1.54) is 22.4 Å². The molecular weight excluding hydrogens is 702 g/mol. The SMILES string of the molecule is Fc1cc(-c2nc(-c3ccccc3)nc(-c3ccccc3)n2)cc(-n2c3ccccc3c3ccc(-c4ccc5c(c4)c4ccccc4n5-c4ccccc4)cc32)c1. The summed E-state index contributed by atoms with van der Waals surface area (Å²) in [6.07, 6.45) is 0. The second-order valence-electron chi connectivity index (χ2n) is 14.2. The van der Waals surface area contributed by atoms with Gasteiger partial charge in [-0.25, -0.2) is 19.3 Å². The highest BCUT2D eigenvalue weighted by Gasteiger charge is 2.19. The van der Waals surface area contributed by atoms with E-state index in [0.717, 1.165) is 55.3 Å². The molecule has 0 aliphatic carbocycles. The predicted molar refractivity (Wildman–Crippen MR) is 230 cm³/mol. The number of nitrogens with zero attached hydrogens (tertiary/aromatic N) is 5. The number of halogens is 1. The highest BCUT2D eigenvalue weighted by atomic mass is 19.1. The Bertz CT molecular complexity index is 3240. The molecule has 0 saturated carbocycles. The molecule has 0 fully saturated rings. The summed E-state index contributed by atoms with van der Waals surface area (Å²) in [6.45, 7) is 0. The predicted octanol–water partition coefficient (Wildman–Crippen LogP) is 12.9. The van der Waals surface area contributed by atoms with Crippen LogP contribution in [-0.2, 0) is 0 Å².